The van der Waals surface area contributed by atoms with E-state index < -0.39 is 0 Å². The van der Waals surface area contributed by atoms with E-state index in [1.54, 1.807) is 7.11 Å². The van der Waals surface area contributed by atoms with E-state index in [4.69, 9.17) is 4.74 Å². The Kier molecular flexibility index (Phi) is 6.78. The summed E-state index contributed by atoms with van der Waals surface area (Å²) in [5, 5.41) is 0.300. The van der Waals surface area contributed by atoms with E-state index >= 15 is 0 Å². The fraction of sp³-hybridized carbons (Fsp3) is 0.500. The van der Waals surface area contributed by atoms with E-state index in [-0.39, 0.29) is 0 Å². The van der Waals surface area contributed by atoms with Crippen LogP contribution >= 0.6 is 11.8 Å². The summed E-state index contributed by atoms with van der Waals surface area (Å²) in [4.78, 5) is 11.6. The van der Waals surface area contributed by atoms with Crippen LogP contribution in [-0.4, -0.2) is 18.0 Å². The fourth-order valence-corrected chi connectivity index (χ4v) is 2.35. The van der Waals surface area contributed by atoms with E-state index in [1.165, 1.54) is 17.3 Å². The number of methoxy groups -OCH3 is 1. The lowest BCUT2D eigenvalue weighted by atomic mass is 10.1. The summed E-state index contributed by atoms with van der Waals surface area (Å²) in [7, 11) is 1.66. The molecule has 0 aliphatic carbocycles. The zero-order chi connectivity index (χ0) is 12.5. The normalized spacial score (nSPS) is 10.2. The molecular formula is C14H20O2S. The summed E-state index contributed by atoms with van der Waals surface area (Å²) in [6.07, 6.45) is 3.72. The van der Waals surface area contributed by atoms with Crippen LogP contribution in [0.2, 0.25) is 0 Å². The molecule has 0 amide bonds. The van der Waals surface area contributed by atoms with Crippen molar-refractivity contribution in [3.05, 3.63) is 29.8 Å². The van der Waals surface area contributed by atoms with Gasteiger partial charge in [0.25, 0.3) is 0 Å². The summed E-state index contributed by atoms with van der Waals surface area (Å²) >= 11 is 1.46. The van der Waals surface area contributed by atoms with Crippen molar-refractivity contribution >= 4 is 16.9 Å². The number of benzene rings is 1. The Morgan fingerprint density at radius 3 is 2.59 bits per heavy atom. The molecule has 2 nitrogen and oxygen atoms in total. The van der Waals surface area contributed by atoms with Gasteiger partial charge in [0.1, 0.15) is 5.75 Å². The maximum absolute atomic E-state index is 11.6. The minimum Gasteiger partial charge on any atom is -0.497 e. The summed E-state index contributed by atoms with van der Waals surface area (Å²) in [6, 6.07) is 7.90. The van der Waals surface area contributed by atoms with E-state index in [1.807, 2.05) is 24.3 Å². The molecule has 0 unspecified atom stereocenters. The second kappa shape index (κ2) is 8.18. The molecule has 0 aromatic heterocycles. The zero-order valence-corrected chi connectivity index (χ0v) is 11.4. The molecule has 1 aromatic rings. The lowest BCUT2D eigenvalue weighted by Gasteiger charge is -2.03. The lowest BCUT2D eigenvalue weighted by molar-refractivity contribution is -0.110. The van der Waals surface area contributed by atoms with Crippen molar-refractivity contribution in [2.75, 3.05) is 12.9 Å². The van der Waals surface area contributed by atoms with Gasteiger partial charge in [-0.15, -0.1) is 0 Å². The van der Waals surface area contributed by atoms with E-state index in [0.29, 0.717) is 11.5 Å². The second-order valence-electron chi connectivity index (χ2n) is 3.92. The predicted octanol–water partition coefficient (Wildman–Crippen LogP) is 3.69. The van der Waals surface area contributed by atoms with Crippen molar-refractivity contribution < 1.29 is 9.53 Å². The molecule has 0 saturated heterocycles. The van der Waals surface area contributed by atoms with E-state index in [2.05, 4.69) is 6.92 Å². The Hall–Kier alpha value is -0.960. The molecule has 0 spiro atoms. The molecule has 0 bridgehead atoms. The molecule has 0 saturated carbocycles. The van der Waals surface area contributed by atoms with Crippen LogP contribution in [0.4, 0.5) is 0 Å². The van der Waals surface area contributed by atoms with Crippen molar-refractivity contribution in [3.8, 4) is 5.75 Å². The van der Waals surface area contributed by atoms with E-state index in [0.717, 1.165) is 30.8 Å². The number of aryl methyl sites for hydroxylation is 1. The third-order valence-electron chi connectivity index (χ3n) is 2.54. The average molecular weight is 252 g/mol. The summed E-state index contributed by atoms with van der Waals surface area (Å²) in [5.41, 5.74) is 1.19. The first-order valence-electron chi connectivity index (χ1n) is 6.04. The number of ether oxygens (including phenoxy) is 1. The van der Waals surface area contributed by atoms with Crippen molar-refractivity contribution in [1.29, 1.82) is 0 Å². The molecule has 1 aromatic carbocycles. The zero-order valence-electron chi connectivity index (χ0n) is 10.6. The highest BCUT2D eigenvalue weighted by atomic mass is 32.2. The van der Waals surface area contributed by atoms with Crippen molar-refractivity contribution in [2.24, 2.45) is 0 Å². The monoisotopic (exact) mass is 252 g/mol. The minimum absolute atomic E-state index is 0.300. The van der Waals surface area contributed by atoms with Crippen LogP contribution in [0, 0.1) is 0 Å². The first-order valence-corrected chi connectivity index (χ1v) is 7.03. The maximum atomic E-state index is 11.6. The Balaban J connectivity index is 2.27. The van der Waals surface area contributed by atoms with Crippen LogP contribution in [0.5, 0.6) is 5.75 Å². The van der Waals surface area contributed by atoms with Gasteiger partial charge in [-0.3, -0.25) is 4.79 Å². The molecule has 0 fully saturated rings. The molecule has 0 radical (unpaired) electrons. The lowest BCUT2D eigenvalue weighted by Crippen LogP contribution is -1.96. The Bertz CT molecular complexity index is 333. The Morgan fingerprint density at radius 2 is 2.00 bits per heavy atom. The van der Waals surface area contributed by atoms with Gasteiger partial charge in [-0.2, -0.15) is 0 Å². The number of hydrogen-bond acceptors (Lipinski definition) is 3. The van der Waals surface area contributed by atoms with Gasteiger partial charge in [0, 0.05) is 12.2 Å². The van der Waals surface area contributed by atoms with Gasteiger partial charge in [0.2, 0.25) is 0 Å². The first-order chi connectivity index (χ1) is 8.26. The molecule has 94 valence electrons. The molecule has 0 atom stereocenters. The molecule has 0 aliphatic heterocycles. The van der Waals surface area contributed by atoms with Gasteiger partial charge < -0.3 is 4.74 Å². The largest absolute Gasteiger partial charge is 0.497 e. The highest BCUT2D eigenvalue weighted by Crippen LogP contribution is 2.15. The van der Waals surface area contributed by atoms with Gasteiger partial charge in [0.15, 0.2) is 5.12 Å². The molecule has 0 aliphatic rings. The number of thioether (sulfide) groups is 1. The van der Waals surface area contributed by atoms with Crippen molar-refractivity contribution in [1.82, 2.24) is 0 Å². The number of carbonyl (C=O) groups excluding carboxylic acids is 1. The minimum atomic E-state index is 0.300. The fourth-order valence-electron chi connectivity index (χ4n) is 1.44. The van der Waals surface area contributed by atoms with Crippen molar-refractivity contribution in [3.63, 3.8) is 0 Å². The highest BCUT2D eigenvalue weighted by Gasteiger charge is 2.03. The summed E-state index contributed by atoms with van der Waals surface area (Å²) < 4.78 is 5.09. The van der Waals surface area contributed by atoms with Gasteiger partial charge >= 0.3 is 0 Å². The van der Waals surface area contributed by atoms with Crippen LogP contribution in [-0.2, 0) is 11.2 Å². The van der Waals surface area contributed by atoms with Crippen LogP contribution in [0.25, 0.3) is 0 Å². The SMILES string of the molecule is CCCCSC(=O)CCc1ccc(OC)cc1. The quantitative estimate of drug-likeness (QED) is 0.692. The average Bonchev–Trinajstić information content (AvgIpc) is 2.37. The molecule has 0 N–H and O–H groups in total. The predicted molar refractivity (Wildman–Crippen MR) is 73.7 cm³/mol. The second-order valence-corrected chi connectivity index (χ2v) is 5.07. The standard InChI is InChI=1S/C14H20O2S/c1-3-4-11-17-14(15)10-7-12-5-8-13(16-2)9-6-12/h5-6,8-9H,3-4,7,10-11H2,1-2H3. The number of rotatable bonds is 7. The number of carbonyl (C=O) groups is 1. The van der Waals surface area contributed by atoms with E-state index in [9.17, 15) is 4.79 Å². The van der Waals surface area contributed by atoms with Crippen molar-refractivity contribution in [2.45, 2.75) is 32.6 Å². The number of unbranched alkanes of at least 4 members (excludes halogenated alkanes) is 1. The Labute approximate surface area is 108 Å². The smallest absolute Gasteiger partial charge is 0.189 e. The molecule has 1 rings (SSSR count). The van der Waals surface area contributed by atoms with Crippen LogP contribution < -0.4 is 4.74 Å². The van der Waals surface area contributed by atoms with Crippen LogP contribution in [0.3, 0.4) is 0 Å². The molecular weight excluding hydrogens is 232 g/mol. The molecule has 0 heterocycles. The first kappa shape index (κ1) is 14.1. The third kappa shape index (κ3) is 5.78. The van der Waals surface area contributed by atoms with Crippen LogP contribution in [0.1, 0.15) is 31.7 Å². The summed E-state index contributed by atoms with van der Waals surface area (Å²) in [6.45, 7) is 2.14. The maximum Gasteiger partial charge on any atom is 0.189 e. The van der Waals surface area contributed by atoms with Crippen LogP contribution in [0.15, 0.2) is 24.3 Å². The third-order valence-corrected chi connectivity index (χ3v) is 3.56. The molecule has 3 heteroatoms. The topological polar surface area (TPSA) is 26.3 Å². The Morgan fingerprint density at radius 1 is 1.29 bits per heavy atom. The van der Waals surface area contributed by atoms with Gasteiger partial charge in [-0.25, -0.2) is 0 Å². The number of hydrogen-bond donors (Lipinski definition) is 0. The van der Waals surface area contributed by atoms with Gasteiger partial charge in [0.05, 0.1) is 7.11 Å². The van der Waals surface area contributed by atoms with Gasteiger partial charge in [-0.1, -0.05) is 37.2 Å². The molecule has 17 heavy (non-hydrogen) atoms. The highest BCUT2D eigenvalue weighted by molar-refractivity contribution is 8.13. The van der Waals surface area contributed by atoms with Gasteiger partial charge in [-0.05, 0) is 30.5 Å². The summed E-state index contributed by atoms with van der Waals surface area (Å²) in [5.74, 6) is 1.81.